The summed E-state index contributed by atoms with van der Waals surface area (Å²) in [5.74, 6) is -0.556. The third-order valence-corrected chi connectivity index (χ3v) is 4.92. The Labute approximate surface area is 155 Å². The third kappa shape index (κ3) is 3.20. The van der Waals surface area contributed by atoms with Gasteiger partial charge in [0.25, 0.3) is 0 Å². The van der Waals surface area contributed by atoms with E-state index in [0.717, 1.165) is 30.0 Å². The second-order valence-corrected chi connectivity index (χ2v) is 6.60. The number of nitrogens with zero attached hydrogens (tertiary/aromatic N) is 2. The van der Waals surface area contributed by atoms with E-state index in [1.165, 1.54) is 24.3 Å². The first-order valence-corrected chi connectivity index (χ1v) is 8.76. The van der Waals surface area contributed by atoms with Gasteiger partial charge in [0.15, 0.2) is 5.11 Å². The fourth-order valence-electron chi connectivity index (χ4n) is 3.33. The van der Waals surface area contributed by atoms with Gasteiger partial charge in [-0.25, -0.2) is 8.78 Å². The number of rotatable bonds is 2. The SMILES string of the molecule is Fc1ccc(NC(=S)N2CCn3cccc3[C@@H]2c2ccc(F)cc2)cc1. The molecule has 0 aliphatic carbocycles. The quantitative estimate of drug-likeness (QED) is 0.669. The van der Waals surface area contributed by atoms with Crippen LogP contribution in [0.3, 0.4) is 0 Å². The molecule has 132 valence electrons. The molecule has 2 aromatic carbocycles. The zero-order valence-electron chi connectivity index (χ0n) is 13.9. The molecule has 1 aliphatic heterocycles. The molecule has 3 aromatic rings. The van der Waals surface area contributed by atoms with Crippen molar-refractivity contribution in [1.82, 2.24) is 9.47 Å². The summed E-state index contributed by atoms with van der Waals surface area (Å²) in [6.07, 6.45) is 2.04. The number of thiocarbonyl (C=S) groups is 1. The molecule has 2 heterocycles. The van der Waals surface area contributed by atoms with Gasteiger partial charge in [-0.15, -0.1) is 0 Å². The number of anilines is 1. The average Bonchev–Trinajstić information content (AvgIpc) is 3.12. The summed E-state index contributed by atoms with van der Waals surface area (Å²) in [5, 5.41) is 3.73. The normalized spacial score (nSPS) is 16.2. The number of nitrogens with one attached hydrogen (secondary N) is 1. The zero-order chi connectivity index (χ0) is 18.1. The molecule has 0 radical (unpaired) electrons. The highest BCUT2D eigenvalue weighted by molar-refractivity contribution is 7.80. The Kier molecular flexibility index (Phi) is 4.42. The topological polar surface area (TPSA) is 20.2 Å². The van der Waals surface area contributed by atoms with Crippen LogP contribution in [0.5, 0.6) is 0 Å². The van der Waals surface area contributed by atoms with Crippen molar-refractivity contribution in [2.75, 3.05) is 11.9 Å². The van der Waals surface area contributed by atoms with Gasteiger partial charge in [-0.05, 0) is 66.3 Å². The molecule has 0 spiro atoms. The lowest BCUT2D eigenvalue weighted by molar-refractivity contribution is 0.293. The van der Waals surface area contributed by atoms with Crippen LogP contribution in [-0.4, -0.2) is 21.1 Å². The molecule has 1 N–H and O–H groups in total. The minimum Gasteiger partial charge on any atom is -0.348 e. The fourth-order valence-corrected chi connectivity index (χ4v) is 3.64. The van der Waals surface area contributed by atoms with Crippen LogP contribution < -0.4 is 5.32 Å². The van der Waals surface area contributed by atoms with E-state index in [0.29, 0.717) is 5.11 Å². The molecular formula is C20H17F2N3S. The van der Waals surface area contributed by atoms with E-state index in [1.807, 2.05) is 12.3 Å². The van der Waals surface area contributed by atoms with E-state index in [4.69, 9.17) is 12.2 Å². The van der Waals surface area contributed by atoms with Gasteiger partial charge in [0.1, 0.15) is 11.6 Å². The Balaban J connectivity index is 1.66. The lowest BCUT2D eigenvalue weighted by Crippen LogP contribution is -2.44. The van der Waals surface area contributed by atoms with Gasteiger partial charge >= 0.3 is 0 Å². The summed E-state index contributed by atoms with van der Waals surface area (Å²) < 4.78 is 28.7. The van der Waals surface area contributed by atoms with Crippen molar-refractivity contribution in [3.8, 4) is 0 Å². The Morgan fingerprint density at radius 3 is 2.27 bits per heavy atom. The highest BCUT2D eigenvalue weighted by atomic mass is 32.1. The molecule has 4 rings (SSSR count). The molecule has 1 aromatic heterocycles. The summed E-state index contributed by atoms with van der Waals surface area (Å²) >= 11 is 5.63. The van der Waals surface area contributed by atoms with E-state index in [9.17, 15) is 8.78 Å². The van der Waals surface area contributed by atoms with Crippen molar-refractivity contribution in [3.63, 3.8) is 0 Å². The largest absolute Gasteiger partial charge is 0.348 e. The summed E-state index contributed by atoms with van der Waals surface area (Å²) in [6, 6.07) is 16.5. The first kappa shape index (κ1) is 16.7. The monoisotopic (exact) mass is 369 g/mol. The number of fused-ring (bicyclic) bond motifs is 1. The van der Waals surface area contributed by atoms with Crippen molar-refractivity contribution in [1.29, 1.82) is 0 Å². The second kappa shape index (κ2) is 6.88. The molecule has 0 amide bonds. The standard InChI is InChI=1S/C20H17F2N3S/c21-15-5-3-14(4-6-15)19-18-2-1-11-24(18)12-13-25(19)20(26)23-17-9-7-16(22)8-10-17/h1-11,19H,12-13H2,(H,23,26)/t19-/m0/s1. The molecule has 0 bridgehead atoms. The molecular weight excluding hydrogens is 352 g/mol. The van der Waals surface area contributed by atoms with Gasteiger partial charge in [-0.1, -0.05) is 12.1 Å². The van der Waals surface area contributed by atoms with Crippen LogP contribution in [0.4, 0.5) is 14.5 Å². The minimum absolute atomic E-state index is 0.111. The fraction of sp³-hybridized carbons (Fsp3) is 0.150. The first-order valence-electron chi connectivity index (χ1n) is 8.35. The summed E-state index contributed by atoms with van der Waals surface area (Å²) in [6.45, 7) is 1.53. The van der Waals surface area contributed by atoms with Gasteiger partial charge in [-0.3, -0.25) is 0 Å². The predicted octanol–water partition coefficient (Wildman–Crippen LogP) is 4.57. The second-order valence-electron chi connectivity index (χ2n) is 6.21. The van der Waals surface area contributed by atoms with Crippen LogP contribution in [0, 0.1) is 11.6 Å². The van der Waals surface area contributed by atoms with E-state index in [1.54, 1.807) is 24.3 Å². The maximum absolute atomic E-state index is 13.4. The highest BCUT2D eigenvalue weighted by Crippen LogP contribution is 2.33. The maximum Gasteiger partial charge on any atom is 0.174 e. The smallest absolute Gasteiger partial charge is 0.174 e. The first-order chi connectivity index (χ1) is 12.6. The molecule has 0 unspecified atom stereocenters. The van der Waals surface area contributed by atoms with Crippen LogP contribution in [-0.2, 0) is 6.54 Å². The van der Waals surface area contributed by atoms with Crippen molar-refractivity contribution < 1.29 is 8.78 Å². The molecule has 6 heteroatoms. The number of benzene rings is 2. The van der Waals surface area contributed by atoms with Crippen LogP contribution in [0.1, 0.15) is 17.3 Å². The maximum atomic E-state index is 13.4. The van der Waals surface area contributed by atoms with Crippen molar-refractivity contribution in [2.24, 2.45) is 0 Å². The van der Waals surface area contributed by atoms with E-state index >= 15 is 0 Å². The summed E-state index contributed by atoms with van der Waals surface area (Å²) in [4.78, 5) is 2.08. The Morgan fingerprint density at radius 2 is 1.58 bits per heavy atom. The Hall–Kier alpha value is -2.73. The molecule has 0 fully saturated rings. The molecule has 0 saturated heterocycles. The zero-order valence-corrected chi connectivity index (χ0v) is 14.7. The lowest BCUT2D eigenvalue weighted by Gasteiger charge is -2.39. The van der Waals surface area contributed by atoms with Crippen molar-refractivity contribution >= 4 is 23.0 Å². The van der Waals surface area contributed by atoms with Crippen LogP contribution in [0.15, 0.2) is 66.9 Å². The number of aromatic nitrogens is 1. The van der Waals surface area contributed by atoms with Crippen LogP contribution in [0.25, 0.3) is 0 Å². The summed E-state index contributed by atoms with van der Waals surface area (Å²) in [7, 11) is 0. The number of hydrogen-bond acceptors (Lipinski definition) is 1. The predicted molar refractivity (Wildman–Crippen MR) is 102 cm³/mol. The number of hydrogen-bond donors (Lipinski definition) is 1. The minimum atomic E-state index is -0.290. The highest BCUT2D eigenvalue weighted by Gasteiger charge is 2.30. The van der Waals surface area contributed by atoms with Gasteiger partial charge < -0.3 is 14.8 Å². The average molecular weight is 369 g/mol. The Morgan fingerprint density at radius 1 is 0.923 bits per heavy atom. The van der Waals surface area contributed by atoms with Crippen LogP contribution in [0.2, 0.25) is 0 Å². The molecule has 1 atom stereocenters. The lowest BCUT2D eigenvalue weighted by atomic mass is 10.0. The molecule has 0 saturated carbocycles. The van der Waals surface area contributed by atoms with Crippen molar-refractivity contribution in [2.45, 2.75) is 12.6 Å². The van der Waals surface area contributed by atoms with Gasteiger partial charge in [0, 0.05) is 30.7 Å². The molecule has 26 heavy (non-hydrogen) atoms. The number of halogens is 2. The van der Waals surface area contributed by atoms with Crippen molar-refractivity contribution in [3.05, 3.63) is 89.8 Å². The molecule has 1 aliphatic rings. The van der Waals surface area contributed by atoms with Gasteiger partial charge in [0.05, 0.1) is 6.04 Å². The van der Waals surface area contributed by atoms with E-state index in [-0.39, 0.29) is 17.7 Å². The van der Waals surface area contributed by atoms with Gasteiger partial charge in [0.2, 0.25) is 0 Å². The Bertz CT molecular complexity index is 919. The summed E-state index contributed by atoms with van der Waals surface area (Å²) in [5.41, 5.74) is 2.80. The molecule has 3 nitrogen and oxygen atoms in total. The van der Waals surface area contributed by atoms with Crippen LogP contribution >= 0.6 is 12.2 Å². The van der Waals surface area contributed by atoms with E-state index < -0.39 is 0 Å². The van der Waals surface area contributed by atoms with Gasteiger partial charge in [-0.2, -0.15) is 0 Å². The van der Waals surface area contributed by atoms with E-state index in [2.05, 4.69) is 20.9 Å². The third-order valence-electron chi connectivity index (χ3n) is 4.58.